The van der Waals surface area contributed by atoms with Gasteiger partial charge in [-0.15, -0.1) is 0 Å². The van der Waals surface area contributed by atoms with Crippen LogP contribution < -0.4 is 10.7 Å². The summed E-state index contributed by atoms with van der Waals surface area (Å²) in [6, 6.07) is 17.5. The van der Waals surface area contributed by atoms with E-state index in [1.165, 1.54) is 5.56 Å². The number of rotatable bonds is 5. The normalized spacial score (nSPS) is 10.4. The van der Waals surface area contributed by atoms with E-state index in [-0.39, 0.29) is 12.5 Å². The maximum absolute atomic E-state index is 11.6. The number of hydrogen-bond donors (Lipinski definition) is 2. The van der Waals surface area contributed by atoms with E-state index in [4.69, 9.17) is 0 Å². The highest BCUT2D eigenvalue weighted by Crippen LogP contribution is 2.03. The molecule has 2 aromatic rings. The third-order valence-electron chi connectivity index (χ3n) is 2.71. The lowest BCUT2D eigenvalue weighted by Gasteiger charge is -2.04. The highest BCUT2D eigenvalue weighted by molar-refractivity contribution is 5.84. The molecule has 0 aromatic heterocycles. The lowest BCUT2D eigenvalue weighted by Crippen LogP contribution is -2.25. The summed E-state index contributed by atoms with van der Waals surface area (Å²) < 4.78 is 0. The first-order valence-corrected chi connectivity index (χ1v) is 6.41. The summed E-state index contributed by atoms with van der Waals surface area (Å²) in [6.07, 6.45) is 1.62. The van der Waals surface area contributed by atoms with Gasteiger partial charge in [-0.1, -0.05) is 48.0 Å². The van der Waals surface area contributed by atoms with E-state index in [0.717, 1.165) is 11.3 Å². The molecular formula is C16H17N3O. The van der Waals surface area contributed by atoms with Crippen LogP contribution in [-0.2, 0) is 4.79 Å². The smallest absolute Gasteiger partial charge is 0.259 e. The minimum atomic E-state index is -0.183. The molecule has 2 aromatic carbocycles. The van der Waals surface area contributed by atoms with Gasteiger partial charge in [0.2, 0.25) is 0 Å². The van der Waals surface area contributed by atoms with Crippen molar-refractivity contribution in [3.63, 3.8) is 0 Å². The van der Waals surface area contributed by atoms with E-state index in [2.05, 4.69) is 15.8 Å². The van der Waals surface area contributed by atoms with Crippen LogP contribution in [0.15, 0.2) is 59.7 Å². The lowest BCUT2D eigenvalue weighted by atomic mass is 10.2. The molecular weight excluding hydrogens is 250 g/mol. The summed E-state index contributed by atoms with van der Waals surface area (Å²) in [5, 5.41) is 6.93. The zero-order valence-electron chi connectivity index (χ0n) is 11.3. The van der Waals surface area contributed by atoms with Gasteiger partial charge in [0.05, 0.1) is 12.8 Å². The first-order chi connectivity index (χ1) is 9.74. The molecule has 0 aliphatic carbocycles. The van der Waals surface area contributed by atoms with Crippen LogP contribution in [0.1, 0.15) is 11.1 Å². The SMILES string of the molecule is Cc1ccc(/C=N\NC(=O)CNc2ccccc2)cc1. The van der Waals surface area contributed by atoms with Crippen LogP contribution in [0.2, 0.25) is 0 Å². The van der Waals surface area contributed by atoms with E-state index in [0.29, 0.717) is 0 Å². The summed E-state index contributed by atoms with van der Waals surface area (Å²) in [6.45, 7) is 2.22. The average Bonchev–Trinajstić information content (AvgIpc) is 2.48. The maximum atomic E-state index is 11.6. The average molecular weight is 267 g/mol. The molecule has 0 saturated carbocycles. The maximum Gasteiger partial charge on any atom is 0.259 e. The van der Waals surface area contributed by atoms with E-state index in [1.807, 2.05) is 61.5 Å². The molecule has 0 saturated heterocycles. The van der Waals surface area contributed by atoms with Crippen LogP contribution in [0, 0.1) is 6.92 Å². The zero-order valence-corrected chi connectivity index (χ0v) is 11.3. The lowest BCUT2D eigenvalue weighted by molar-refractivity contribution is -0.119. The summed E-state index contributed by atoms with van der Waals surface area (Å²) in [4.78, 5) is 11.6. The van der Waals surface area contributed by atoms with E-state index in [9.17, 15) is 4.79 Å². The second kappa shape index (κ2) is 7.09. The minimum Gasteiger partial charge on any atom is -0.376 e. The number of aryl methyl sites for hydroxylation is 1. The number of carbonyl (C=O) groups is 1. The van der Waals surface area contributed by atoms with Crippen molar-refractivity contribution in [2.75, 3.05) is 11.9 Å². The van der Waals surface area contributed by atoms with E-state index < -0.39 is 0 Å². The van der Waals surface area contributed by atoms with Crippen molar-refractivity contribution in [1.82, 2.24) is 5.43 Å². The number of para-hydroxylation sites is 1. The van der Waals surface area contributed by atoms with Crippen molar-refractivity contribution in [3.05, 3.63) is 65.7 Å². The Morgan fingerprint density at radius 2 is 1.80 bits per heavy atom. The standard InChI is InChI=1S/C16H17N3O/c1-13-7-9-14(10-8-13)11-18-19-16(20)12-17-15-5-3-2-4-6-15/h2-11,17H,12H2,1H3,(H,19,20)/b18-11-. The Morgan fingerprint density at radius 3 is 2.50 bits per heavy atom. The fourth-order valence-corrected chi connectivity index (χ4v) is 1.61. The first kappa shape index (κ1) is 13.8. The van der Waals surface area contributed by atoms with Crippen LogP contribution in [0.5, 0.6) is 0 Å². The third-order valence-corrected chi connectivity index (χ3v) is 2.71. The summed E-state index contributed by atoms with van der Waals surface area (Å²) >= 11 is 0. The molecule has 4 nitrogen and oxygen atoms in total. The Labute approximate surface area is 118 Å². The van der Waals surface area contributed by atoms with Crippen molar-refractivity contribution in [2.45, 2.75) is 6.92 Å². The summed E-state index contributed by atoms with van der Waals surface area (Å²) in [7, 11) is 0. The molecule has 0 fully saturated rings. The predicted molar refractivity (Wildman–Crippen MR) is 81.8 cm³/mol. The van der Waals surface area contributed by atoms with Crippen LogP contribution >= 0.6 is 0 Å². The molecule has 0 bridgehead atoms. The Kier molecular flexibility index (Phi) is 4.89. The molecule has 0 radical (unpaired) electrons. The van der Waals surface area contributed by atoms with Gasteiger partial charge in [0, 0.05) is 5.69 Å². The number of nitrogens with one attached hydrogen (secondary N) is 2. The van der Waals surface area contributed by atoms with Crippen molar-refractivity contribution < 1.29 is 4.79 Å². The first-order valence-electron chi connectivity index (χ1n) is 6.41. The molecule has 0 unspecified atom stereocenters. The van der Waals surface area contributed by atoms with Gasteiger partial charge in [0.25, 0.3) is 5.91 Å². The second-order valence-electron chi connectivity index (χ2n) is 4.42. The van der Waals surface area contributed by atoms with Crippen molar-refractivity contribution in [1.29, 1.82) is 0 Å². The number of carbonyl (C=O) groups excluding carboxylic acids is 1. The molecule has 0 heterocycles. The molecule has 2 N–H and O–H groups in total. The molecule has 0 aliphatic rings. The van der Waals surface area contributed by atoms with Gasteiger partial charge in [0.15, 0.2) is 0 Å². The number of benzene rings is 2. The third kappa shape index (κ3) is 4.57. The summed E-state index contributed by atoms with van der Waals surface area (Å²) in [5.74, 6) is -0.183. The van der Waals surface area contributed by atoms with Gasteiger partial charge in [-0.2, -0.15) is 5.10 Å². The van der Waals surface area contributed by atoms with Crippen LogP contribution in [0.25, 0.3) is 0 Å². The van der Waals surface area contributed by atoms with Crippen LogP contribution in [0.3, 0.4) is 0 Å². The molecule has 20 heavy (non-hydrogen) atoms. The molecule has 0 atom stereocenters. The second-order valence-corrected chi connectivity index (χ2v) is 4.42. The van der Waals surface area contributed by atoms with E-state index >= 15 is 0 Å². The Hall–Kier alpha value is -2.62. The highest BCUT2D eigenvalue weighted by atomic mass is 16.2. The van der Waals surface area contributed by atoms with Crippen molar-refractivity contribution >= 4 is 17.8 Å². The van der Waals surface area contributed by atoms with Crippen molar-refractivity contribution in [3.8, 4) is 0 Å². The summed E-state index contributed by atoms with van der Waals surface area (Å²) in [5.41, 5.74) is 5.54. The quantitative estimate of drug-likeness (QED) is 0.646. The highest BCUT2D eigenvalue weighted by Gasteiger charge is 1.98. The largest absolute Gasteiger partial charge is 0.376 e. The molecule has 1 amide bonds. The predicted octanol–water partition coefficient (Wildman–Crippen LogP) is 2.56. The fraction of sp³-hybridized carbons (Fsp3) is 0.125. The number of amides is 1. The van der Waals surface area contributed by atoms with Crippen molar-refractivity contribution in [2.24, 2.45) is 5.10 Å². The molecule has 0 aliphatic heterocycles. The fourth-order valence-electron chi connectivity index (χ4n) is 1.61. The van der Waals surface area contributed by atoms with Gasteiger partial charge < -0.3 is 5.32 Å². The molecule has 102 valence electrons. The van der Waals surface area contributed by atoms with Gasteiger partial charge in [-0.25, -0.2) is 5.43 Å². The molecule has 2 rings (SSSR count). The van der Waals surface area contributed by atoms with E-state index in [1.54, 1.807) is 6.21 Å². The zero-order chi connectivity index (χ0) is 14.2. The number of anilines is 1. The molecule has 0 spiro atoms. The minimum absolute atomic E-state index is 0.183. The van der Waals surface area contributed by atoms with Crippen LogP contribution in [0.4, 0.5) is 5.69 Å². The number of hydrazone groups is 1. The van der Waals surface area contributed by atoms with Gasteiger partial charge >= 0.3 is 0 Å². The number of nitrogens with zero attached hydrogens (tertiary/aromatic N) is 1. The van der Waals surface area contributed by atoms with Crippen LogP contribution in [-0.4, -0.2) is 18.7 Å². The monoisotopic (exact) mass is 267 g/mol. The van der Waals surface area contributed by atoms with Gasteiger partial charge in [0.1, 0.15) is 0 Å². The number of hydrogen-bond acceptors (Lipinski definition) is 3. The Bertz CT molecular complexity index is 576. The topological polar surface area (TPSA) is 53.5 Å². The molecule has 4 heteroatoms. The Morgan fingerprint density at radius 1 is 1.10 bits per heavy atom. The van der Waals surface area contributed by atoms with Gasteiger partial charge in [-0.3, -0.25) is 4.79 Å². The van der Waals surface area contributed by atoms with Gasteiger partial charge in [-0.05, 0) is 24.6 Å². The Balaban J connectivity index is 1.76.